The van der Waals surface area contributed by atoms with Gasteiger partial charge in [-0.1, -0.05) is 80.6 Å². The minimum Gasteiger partial charge on any atom is -0.488 e. The number of ketones is 1. The van der Waals surface area contributed by atoms with Gasteiger partial charge in [0.15, 0.2) is 11.9 Å². The van der Waals surface area contributed by atoms with Crippen LogP contribution in [0.5, 0.6) is 5.75 Å². The monoisotopic (exact) mass is 372 g/mol. The minimum atomic E-state index is -0.439. The van der Waals surface area contributed by atoms with Crippen LogP contribution in [0, 0.1) is 0 Å². The number of Topliss-reactive ketones (excluding diaryl/α,β-unsaturated/α-hetero) is 1. The zero-order valence-electron chi connectivity index (χ0n) is 16.2. The predicted molar refractivity (Wildman–Crippen MR) is 110 cm³/mol. The van der Waals surface area contributed by atoms with Crippen molar-refractivity contribution in [2.75, 3.05) is 0 Å². The summed E-state index contributed by atoms with van der Waals surface area (Å²) in [6.45, 7) is 4.76. The Balaban J connectivity index is 1.45. The number of carbonyl (C=O) groups excluding carboxylic acids is 1. The average Bonchev–Trinajstić information content (AvgIpc) is 3.54. The second-order valence-electron chi connectivity index (χ2n) is 7.43. The zero-order chi connectivity index (χ0) is 19.5. The van der Waals surface area contributed by atoms with E-state index in [9.17, 15) is 4.79 Å². The van der Waals surface area contributed by atoms with E-state index in [4.69, 9.17) is 9.47 Å². The van der Waals surface area contributed by atoms with Crippen molar-refractivity contribution < 1.29 is 14.3 Å². The molecular formula is C25H24O3. The van der Waals surface area contributed by atoms with Crippen LogP contribution in [-0.4, -0.2) is 11.9 Å². The summed E-state index contributed by atoms with van der Waals surface area (Å²) >= 11 is 0. The first kappa shape index (κ1) is 18.5. The van der Waals surface area contributed by atoms with Gasteiger partial charge in [-0.3, -0.25) is 4.79 Å². The Hall–Kier alpha value is -2.91. The standard InChI is InChI=1S/C25H24O3/c1-17(2)19-12-14-20(15-13-19)24-25(28-24)23(26)21-10-6-7-11-22(21)27-16-18-8-4-3-5-9-18/h3-15,17,24-25H,16H2,1-2H3/t24-,25+/m1/s1. The van der Waals surface area contributed by atoms with Crippen molar-refractivity contribution in [1.29, 1.82) is 0 Å². The second-order valence-corrected chi connectivity index (χ2v) is 7.43. The Morgan fingerprint density at radius 2 is 1.61 bits per heavy atom. The summed E-state index contributed by atoms with van der Waals surface area (Å²) in [5.74, 6) is 1.06. The van der Waals surface area contributed by atoms with Gasteiger partial charge in [0.1, 0.15) is 18.5 Å². The van der Waals surface area contributed by atoms with E-state index in [0.29, 0.717) is 23.8 Å². The molecular weight excluding hydrogens is 348 g/mol. The van der Waals surface area contributed by atoms with Crippen molar-refractivity contribution in [3.63, 3.8) is 0 Å². The van der Waals surface area contributed by atoms with Gasteiger partial charge in [0, 0.05) is 0 Å². The number of ether oxygens (including phenoxy) is 2. The lowest BCUT2D eigenvalue weighted by atomic mass is 9.98. The number of carbonyl (C=O) groups is 1. The molecule has 0 aliphatic carbocycles. The molecule has 1 heterocycles. The van der Waals surface area contributed by atoms with Gasteiger partial charge in [0.25, 0.3) is 0 Å². The van der Waals surface area contributed by atoms with Crippen LogP contribution in [0.1, 0.15) is 52.9 Å². The quantitative estimate of drug-likeness (QED) is 0.394. The first-order valence-electron chi connectivity index (χ1n) is 9.69. The van der Waals surface area contributed by atoms with E-state index in [0.717, 1.165) is 11.1 Å². The molecule has 0 bridgehead atoms. The largest absolute Gasteiger partial charge is 0.488 e. The topological polar surface area (TPSA) is 38.8 Å². The van der Waals surface area contributed by atoms with E-state index in [1.165, 1.54) is 5.56 Å². The molecule has 3 aromatic carbocycles. The van der Waals surface area contributed by atoms with Gasteiger partial charge >= 0.3 is 0 Å². The SMILES string of the molecule is CC(C)c1ccc([C@H]2O[C@H]2C(=O)c2ccccc2OCc2ccccc2)cc1. The van der Waals surface area contributed by atoms with Gasteiger partial charge in [-0.15, -0.1) is 0 Å². The average molecular weight is 372 g/mol. The Labute approximate surface area is 165 Å². The molecule has 3 heteroatoms. The molecule has 0 spiro atoms. The summed E-state index contributed by atoms with van der Waals surface area (Å²) in [6.07, 6.45) is -0.609. The molecule has 3 nitrogen and oxygen atoms in total. The van der Waals surface area contributed by atoms with Crippen LogP contribution >= 0.6 is 0 Å². The van der Waals surface area contributed by atoms with Gasteiger partial charge < -0.3 is 9.47 Å². The predicted octanol–water partition coefficient (Wildman–Crippen LogP) is 5.71. The van der Waals surface area contributed by atoms with Crippen molar-refractivity contribution in [2.45, 2.75) is 38.6 Å². The molecule has 0 amide bonds. The molecule has 2 atom stereocenters. The molecule has 3 aromatic rings. The normalized spacial score (nSPS) is 18.1. The minimum absolute atomic E-state index is 0.0263. The third kappa shape index (κ3) is 4.00. The first-order chi connectivity index (χ1) is 13.6. The fourth-order valence-electron chi connectivity index (χ4n) is 3.32. The smallest absolute Gasteiger partial charge is 0.198 e. The molecule has 0 radical (unpaired) electrons. The number of epoxide rings is 1. The Bertz CT molecular complexity index is 945. The van der Waals surface area contributed by atoms with E-state index in [2.05, 4.69) is 38.1 Å². The molecule has 0 aromatic heterocycles. The van der Waals surface area contributed by atoms with Crippen LogP contribution in [0.4, 0.5) is 0 Å². The summed E-state index contributed by atoms with van der Waals surface area (Å²) in [4.78, 5) is 13.0. The molecule has 0 unspecified atom stereocenters. The van der Waals surface area contributed by atoms with Crippen LogP contribution in [0.25, 0.3) is 0 Å². The summed E-state index contributed by atoms with van der Waals surface area (Å²) in [6, 6.07) is 25.7. The number of benzene rings is 3. The third-order valence-corrected chi connectivity index (χ3v) is 5.07. The fourth-order valence-corrected chi connectivity index (χ4v) is 3.32. The highest BCUT2D eigenvalue weighted by Gasteiger charge is 2.46. The molecule has 4 rings (SSSR count). The van der Waals surface area contributed by atoms with Crippen LogP contribution < -0.4 is 4.74 Å². The van der Waals surface area contributed by atoms with Crippen molar-refractivity contribution in [2.24, 2.45) is 0 Å². The van der Waals surface area contributed by atoms with Gasteiger partial charge in [-0.2, -0.15) is 0 Å². The summed E-state index contributed by atoms with van der Waals surface area (Å²) in [5, 5.41) is 0. The van der Waals surface area contributed by atoms with E-state index in [1.807, 2.05) is 54.6 Å². The number of para-hydroxylation sites is 1. The molecule has 142 valence electrons. The molecule has 0 saturated carbocycles. The number of hydrogen-bond donors (Lipinski definition) is 0. The Kier molecular flexibility index (Phi) is 5.27. The molecule has 1 aliphatic heterocycles. The van der Waals surface area contributed by atoms with E-state index in [-0.39, 0.29) is 11.9 Å². The zero-order valence-corrected chi connectivity index (χ0v) is 16.2. The first-order valence-corrected chi connectivity index (χ1v) is 9.69. The maximum Gasteiger partial charge on any atom is 0.198 e. The molecule has 1 fully saturated rings. The van der Waals surface area contributed by atoms with Crippen LogP contribution in [0.2, 0.25) is 0 Å². The lowest BCUT2D eigenvalue weighted by Gasteiger charge is -2.10. The second kappa shape index (κ2) is 7.99. The van der Waals surface area contributed by atoms with Crippen LogP contribution in [0.3, 0.4) is 0 Å². The summed E-state index contributed by atoms with van der Waals surface area (Å²) in [7, 11) is 0. The van der Waals surface area contributed by atoms with Gasteiger partial charge in [0.2, 0.25) is 0 Å². The summed E-state index contributed by atoms with van der Waals surface area (Å²) < 4.78 is 11.7. The van der Waals surface area contributed by atoms with Crippen molar-refractivity contribution in [1.82, 2.24) is 0 Å². The van der Waals surface area contributed by atoms with Crippen molar-refractivity contribution in [3.8, 4) is 5.75 Å². The molecule has 28 heavy (non-hydrogen) atoms. The maximum atomic E-state index is 13.0. The van der Waals surface area contributed by atoms with Crippen molar-refractivity contribution in [3.05, 3.63) is 101 Å². The lowest BCUT2D eigenvalue weighted by molar-refractivity contribution is 0.0949. The number of hydrogen-bond acceptors (Lipinski definition) is 3. The molecule has 1 aliphatic rings. The summed E-state index contributed by atoms with van der Waals surface area (Å²) in [5.41, 5.74) is 3.97. The van der Waals surface area contributed by atoms with Gasteiger partial charge in [0.05, 0.1) is 5.56 Å². The molecule has 1 saturated heterocycles. The van der Waals surface area contributed by atoms with Gasteiger partial charge in [-0.25, -0.2) is 0 Å². The van der Waals surface area contributed by atoms with Crippen molar-refractivity contribution >= 4 is 5.78 Å². The highest BCUT2D eigenvalue weighted by Crippen LogP contribution is 2.42. The highest BCUT2D eigenvalue weighted by atomic mass is 16.6. The van der Waals surface area contributed by atoms with Gasteiger partial charge in [-0.05, 0) is 34.7 Å². The molecule has 0 N–H and O–H groups in total. The van der Waals surface area contributed by atoms with E-state index >= 15 is 0 Å². The van der Waals surface area contributed by atoms with E-state index < -0.39 is 6.10 Å². The maximum absolute atomic E-state index is 13.0. The third-order valence-electron chi connectivity index (χ3n) is 5.07. The van der Waals surface area contributed by atoms with Crippen LogP contribution in [0.15, 0.2) is 78.9 Å². The highest BCUT2D eigenvalue weighted by molar-refractivity contribution is 6.03. The lowest BCUT2D eigenvalue weighted by Crippen LogP contribution is -2.10. The van der Waals surface area contributed by atoms with E-state index in [1.54, 1.807) is 0 Å². The Morgan fingerprint density at radius 1 is 0.929 bits per heavy atom. The van der Waals surface area contributed by atoms with Crippen LogP contribution in [-0.2, 0) is 11.3 Å². The fraction of sp³-hybridized carbons (Fsp3) is 0.240. The Morgan fingerprint density at radius 3 is 2.32 bits per heavy atom. The number of rotatable bonds is 7.